The molecule has 0 saturated carbocycles. The lowest BCUT2D eigenvalue weighted by atomic mass is 10.1. The van der Waals surface area contributed by atoms with Crippen molar-refractivity contribution < 1.29 is 17.7 Å². The van der Waals surface area contributed by atoms with Gasteiger partial charge in [0.1, 0.15) is 16.9 Å². The fourth-order valence-electron chi connectivity index (χ4n) is 5.72. The molecule has 0 spiro atoms. The van der Waals surface area contributed by atoms with Crippen LogP contribution in [-0.4, -0.2) is 93.0 Å². The van der Waals surface area contributed by atoms with Crippen LogP contribution in [0.3, 0.4) is 0 Å². The van der Waals surface area contributed by atoms with E-state index >= 15 is 0 Å². The Hall–Kier alpha value is -2.37. The maximum absolute atomic E-state index is 14.1. The number of aromatic nitrogens is 1. The smallest absolute Gasteiger partial charge is 0.210 e. The number of hydrogen-bond acceptors (Lipinski definition) is 8. The maximum Gasteiger partial charge on any atom is 0.210 e. The normalized spacial score (nSPS) is 18.1. The third kappa shape index (κ3) is 7.17. The van der Waals surface area contributed by atoms with E-state index in [2.05, 4.69) is 26.6 Å². The van der Waals surface area contributed by atoms with E-state index < -0.39 is 21.0 Å². The van der Waals surface area contributed by atoms with Gasteiger partial charge in [0.25, 0.3) is 0 Å². The molecular formula is C31H42N4O4S2. The summed E-state index contributed by atoms with van der Waals surface area (Å²) < 4.78 is 46.5. The predicted octanol–water partition coefficient (Wildman–Crippen LogP) is 4.59. The number of likely N-dealkylation sites (tertiary alicyclic amines) is 1. The number of fused-ring (bicyclic) bond motifs is 1. The largest absolute Gasteiger partial charge is 0.612 e. The van der Waals surface area contributed by atoms with Gasteiger partial charge in [0, 0.05) is 50.4 Å². The van der Waals surface area contributed by atoms with Crippen molar-refractivity contribution in [3.8, 4) is 5.75 Å². The average Bonchev–Trinajstić information content (AvgIpc) is 3.40. The molecule has 0 radical (unpaired) electrons. The number of rotatable bonds is 11. The highest BCUT2D eigenvalue weighted by Crippen LogP contribution is 2.37. The maximum atomic E-state index is 14.1. The van der Waals surface area contributed by atoms with Crippen LogP contribution in [0.5, 0.6) is 5.75 Å². The summed E-state index contributed by atoms with van der Waals surface area (Å²) in [5.41, 5.74) is 1.36. The summed E-state index contributed by atoms with van der Waals surface area (Å²) in [5.74, 6) is 0.658. The van der Waals surface area contributed by atoms with Crippen molar-refractivity contribution in [2.24, 2.45) is 0 Å². The van der Waals surface area contributed by atoms with Crippen molar-refractivity contribution in [1.82, 2.24) is 14.8 Å². The molecule has 2 fully saturated rings. The van der Waals surface area contributed by atoms with E-state index in [9.17, 15) is 13.0 Å². The van der Waals surface area contributed by atoms with Gasteiger partial charge in [0.15, 0.2) is 4.90 Å². The minimum atomic E-state index is -3.89. The highest BCUT2D eigenvalue weighted by atomic mass is 32.2. The second-order valence-corrected chi connectivity index (χ2v) is 14.3. The minimum Gasteiger partial charge on any atom is -0.612 e. The summed E-state index contributed by atoms with van der Waals surface area (Å²) in [4.78, 5) is 12.9. The Labute approximate surface area is 247 Å². The molecule has 3 heterocycles. The van der Waals surface area contributed by atoms with Crippen molar-refractivity contribution in [3.63, 3.8) is 0 Å². The molecule has 2 aliphatic rings. The molecule has 0 aliphatic carbocycles. The van der Waals surface area contributed by atoms with Crippen LogP contribution >= 0.6 is 0 Å². The lowest BCUT2D eigenvalue weighted by Crippen LogP contribution is -2.36. The first-order valence-corrected chi connectivity index (χ1v) is 17.8. The second-order valence-electron chi connectivity index (χ2n) is 11.0. The first kappa shape index (κ1) is 30.1. The summed E-state index contributed by atoms with van der Waals surface area (Å²) in [5, 5.41) is 0.726. The minimum absolute atomic E-state index is 0.189. The summed E-state index contributed by atoms with van der Waals surface area (Å²) in [6.45, 7) is 10.5. The Bertz CT molecular complexity index is 1410. The van der Waals surface area contributed by atoms with Crippen LogP contribution < -0.4 is 9.64 Å². The van der Waals surface area contributed by atoms with Crippen LogP contribution in [0.1, 0.15) is 39.0 Å². The Morgan fingerprint density at radius 3 is 2.34 bits per heavy atom. The van der Waals surface area contributed by atoms with Crippen molar-refractivity contribution in [2.45, 2.75) is 53.7 Å². The molecule has 1 aromatic heterocycles. The zero-order valence-corrected chi connectivity index (χ0v) is 25.9. The van der Waals surface area contributed by atoms with Gasteiger partial charge in [-0.15, -0.1) is 0 Å². The van der Waals surface area contributed by atoms with E-state index in [1.165, 1.54) is 32.1 Å². The van der Waals surface area contributed by atoms with E-state index in [-0.39, 0.29) is 9.79 Å². The molecule has 2 aromatic carbocycles. The highest BCUT2D eigenvalue weighted by molar-refractivity contribution is 7.91. The number of nitrogens with zero attached hydrogens (tertiary/aromatic N) is 4. The topological polar surface area (TPSA) is 89.0 Å². The zero-order valence-electron chi connectivity index (χ0n) is 24.3. The zero-order chi connectivity index (χ0) is 28.8. The molecule has 5 rings (SSSR count). The van der Waals surface area contributed by atoms with Gasteiger partial charge in [-0.25, -0.2) is 8.42 Å². The Kier molecular flexibility index (Phi) is 10.1. The first-order chi connectivity index (χ1) is 19.9. The molecule has 8 nitrogen and oxygen atoms in total. The number of pyridine rings is 1. The lowest BCUT2D eigenvalue weighted by Gasteiger charge is -2.27. The standard InChI is InChI=1S/C31H42N4O4S2/c1-3-4-22-39-25-8-11-27(12-9-25)41(37,38)30-24-32-29-13-10-26(40(2)36)23-28(29)31(30)35-17-7-16-34(20-21-35)19-18-33-14-5-6-15-33/h8-13,23-24H,3-7,14-22H2,1-2H3. The number of benzene rings is 2. The number of anilines is 1. The fraction of sp³-hybridized carbons (Fsp3) is 0.516. The Balaban J connectivity index is 1.47. The first-order valence-electron chi connectivity index (χ1n) is 14.8. The molecule has 0 N–H and O–H groups in total. The van der Waals surface area contributed by atoms with Gasteiger partial charge < -0.3 is 24.0 Å². The van der Waals surface area contributed by atoms with Crippen LogP contribution in [0.25, 0.3) is 10.9 Å². The third-order valence-corrected chi connectivity index (χ3v) is 10.8. The van der Waals surface area contributed by atoms with Gasteiger partial charge in [-0.1, -0.05) is 13.3 Å². The Morgan fingerprint density at radius 1 is 0.927 bits per heavy atom. The van der Waals surface area contributed by atoms with Gasteiger partial charge in [0.2, 0.25) is 9.84 Å². The Morgan fingerprint density at radius 2 is 1.63 bits per heavy atom. The monoisotopic (exact) mass is 598 g/mol. The third-order valence-electron chi connectivity index (χ3n) is 8.14. The molecule has 10 heteroatoms. The van der Waals surface area contributed by atoms with Gasteiger partial charge in [-0.2, -0.15) is 0 Å². The quantitative estimate of drug-likeness (QED) is 0.234. The van der Waals surface area contributed by atoms with E-state index in [4.69, 9.17) is 4.74 Å². The van der Waals surface area contributed by atoms with Crippen molar-refractivity contribution in [2.75, 3.05) is 70.1 Å². The van der Waals surface area contributed by atoms with Crippen LogP contribution in [0.15, 0.2) is 63.3 Å². The highest BCUT2D eigenvalue weighted by Gasteiger charge is 2.29. The molecule has 41 heavy (non-hydrogen) atoms. The number of hydrogen-bond donors (Lipinski definition) is 0. The fourth-order valence-corrected chi connectivity index (χ4v) is 7.70. The van der Waals surface area contributed by atoms with Crippen LogP contribution in [-0.2, 0) is 21.0 Å². The molecule has 2 saturated heterocycles. The van der Waals surface area contributed by atoms with Crippen LogP contribution in [0.2, 0.25) is 0 Å². The van der Waals surface area contributed by atoms with Crippen molar-refractivity contribution in [3.05, 3.63) is 48.7 Å². The SMILES string of the molecule is CCCCOc1ccc(S(=O)(=O)c2cnc3ccc([S+](C)[O-])cc3c2N2CCCN(CCN3CCCC3)CC2)cc1. The molecule has 0 bridgehead atoms. The molecule has 3 aromatic rings. The van der Waals surface area contributed by atoms with Gasteiger partial charge in [-0.05, 0) is 92.9 Å². The van der Waals surface area contributed by atoms with Crippen molar-refractivity contribution >= 4 is 37.6 Å². The van der Waals surface area contributed by atoms with Crippen LogP contribution in [0, 0.1) is 0 Å². The van der Waals surface area contributed by atoms with Gasteiger partial charge in [0.05, 0.1) is 22.7 Å². The molecule has 1 atom stereocenters. The van der Waals surface area contributed by atoms with Crippen molar-refractivity contribution in [1.29, 1.82) is 0 Å². The van der Waals surface area contributed by atoms with Gasteiger partial charge in [-0.3, -0.25) is 4.98 Å². The summed E-state index contributed by atoms with van der Waals surface area (Å²) in [7, 11) is -3.89. The van der Waals surface area contributed by atoms with E-state index in [0.717, 1.165) is 57.4 Å². The predicted molar refractivity (Wildman–Crippen MR) is 165 cm³/mol. The summed E-state index contributed by atoms with van der Waals surface area (Å²) in [6.07, 6.45) is 8.64. The number of sulfone groups is 1. The van der Waals surface area contributed by atoms with Crippen LogP contribution in [0.4, 0.5) is 5.69 Å². The van der Waals surface area contributed by atoms with E-state index in [0.29, 0.717) is 35.0 Å². The lowest BCUT2D eigenvalue weighted by molar-refractivity contribution is 0.236. The van der Waals surface area contributed by atoms with E-state index in [1.807, 2.05) is 18.2 Å². The summed E-state index contributed by atoms with van der Waals surface area (Å²) in [6, 6.07) is 12.2. The molecule has 0 amide bonds. The average molecular weight is 599 g/mol. The second kappa shape index (κ2) is 13.7. The molecule has 1 unspecified atom stereocenters. The molecule has 222 valence electrons. The number of unbranched alkanes of at least 4 members (excludes halogenated alkanes) is 1. The van der Waals surface area contributed by atoms with E-state index in [1.54, 1.807) is 30.5 Å². The summed E-state index contributed by atoms with van der Waals surface area (Å²) >= 11 is -1.20. The molecule has 2 aliphatic heterocycles. The number of ether oxygens (including phenoxy) is 1. The van der Waals surface area contributed by atoms with Gasteiger partial charge >= 0.3 is 0 Å². The molecular weight excluding hydrogens is 556 g/mol.